The molecular weight excluding hydrogens is 1180 g/mol. The van der Waals surface area contributed by atoms with Crippen molar-refractivity contribution in [1.82, 2.24) is 0 Å². The Labute approximate surface area is 592 Å². The van der Waals surface area contributed by atoms with Crippen LogP contribution in [-0.4, -0.2) is 54.6 Å². The highest BCUT2D eigenvalue weighted by molar-refractivity contribution is 5.66. The molecule has 1 aliphatic rings. The van der Waals surface area contributed by atoms with Crippen LogP contribution < -0.4 is 40.2 Å². The molecule has 0 atom stereocenters. The summed E-state index contributed by atoms with van der Waals surface area (Å²) in [5.74, 6) is 4.03. The van der Waals surface area contributed by atoms with Crippen molar-refractivity contribution < 1.29 is 18.9 Å². The van der Waals surface area contributed by atoms with Gasteiger partial charge in [-0.25, -0.2) is 0 Å². The zero-order valence-electron chi connectivity index (χ0n) is 63.8. The molecule has 8 nitrogen and oxygen atoms in total. The Balaban J connectivity index is 1.53. The molecule has 4 N–H and O–H groups in total. The van der Waals surface area contributed by atoms with E-state index in [1.165, 1.54) is 327 Å². The van der Waals surface area contributed by atoms with Crippen LogP contribution in [0.1, 0.15) is 380 Å². The third-order valence-corrected chi connectivity index (χ3v) is 20.6. The van der Waals surface area contributed by atoms with Crippen molar-refractivity contribution in [3.8, 4) is 23.0 Å². The van der Waals surface area contributed by atoms with E-state index in [0.717, 1.165) is 71.4 Å². The maximum absolute atomic E-state index is 7.32. The Bertz CT molecular complexity index is 2130. The van der Waals surface area contributed by atoms with Crippen molar-refractivity contribution in [2.45, 2.75) is 362 Å². The van der Waals surface area contributed by atoms with E-state index < -0.39 is 0 Å². The van der Waals surface area contributed by atoms with Gasteiger partial charge in [0.1, 0.15) is 23.0 Å². The molecule has 4 aromatic rings. The highest BCUT2D eigenvalue weighted by atomic mass is 16.5. The Kier molecular flexibility index (Phi) is 46.2. The first-order valence-corrected chi connectivity index (χ1v) is 41.2. The minimum absolute atomic E-state index is 0.667. The molecule has 0 heterocycles. The normalized spacial score (nSPS) is 12.1. The monoisotopic (exact) mass is 1330 g/mol. The molecule has 0 radical (unpaired) electrons. The Hall–Kier alpha value is -4.72. The van der Waals surface area contributed by atoms with Crippen LogP contribution in [0.25, 0.3) is 0 Å². The van der Waals surface area contributed by atoms with Crippen LogP contribution in [0, 0.1) is 0 Å². The van der Waals surface area contributed by atoms with Crippen molar-refractivity contribution in [3.63, 3.8) is 0 Å². The molecule has 0 spiro atoms. The number of anilines is 4. The van der Waals surface area contributed by atoms with E-state index in [2.05, 4.69) is 126 Å². The number of rotatable bonds is 60. The summed E-state index contributed by atoms with van der Waals surface area (Å²) in [4.78, 5) is 0. The van der Waals surface area contributed by atoms with Crippen LogP contribution in [0.3, 0.4) is 0 Å². The lowest BCUT2D eigenvalue weighted by atomic mass is 9.90. The van der Waals surface area contributed by atoms with E-state index in [1.807, 2.05) is 0 Å². The summed E-state index contributed by atoms with van der Waals surface area (Å²) in [6.45, 7) is 12.0. The number of unbranched alkanes of at least 4 members (excludes halogenated alkanes) is 44. The molecule has 0 aliphatic heterocycles. The Morgan fingerprint density at radius 1 is 0.198 bits per heavy atom. The highest BCUT2D eigenvalue weighted by Gasteiger charge is 2.25. The molecule has 0 aromatic heterocycles. The van der Waals surface area contributed by atoms with E-state index in [0.29, 0.717) is 52.1 Å². The summed E-state index contributed by atoms with van der Waals surface area (Å²) >= 11 is 0. The molecule has 5 rings (SSSR count). The lowest BCUT2D eigenvalue weighted by Gasteiger charge is -2.25. The van der Waals surface area contributed by atoms with Gasteiger partial charge in [-0.3, -0.25) is 0 Å². The SMILES string of the molecule is CCCCCCCCCCCCCCOc1c2cc(NC)cc1Cc1cc(NC)cc(c1OCCCCCCCCCCCCCC)Cc1cc(NC)cc(c1OCCCCCCCCCCCCCC)Cc1cc(NC)cc(c1OCCCCCCCCCCCCCC)C2. The molecule has 1 aliphatic carbocycles. The molecule has 0 saturated heterocycles. The van der Waals surface area contributed by atoms with Gasteiger partial charge in [-0.05, 0) is 74.2 Å². The third-order valence-electron chi connectivity index (χ3n) is 20.6. The van der Waals surface area contributed by atoms with Crippen molar-refractivity contribution in [2.24, 2.45) is 0 Å². The van der Waals surface area contributed by atoms with Crippen LogP contribution in [0.2, 0.25) is 0 Å². The van der Waals surface area contributed by atoms with Crippen LogP contribution >= 0.6 is 0 Å². The van der Waals surface area contributed by atoms with Crippen LogP contribution in [-0.2, 0) is 25.7 Å². The van der Waals surface area contributed by atoms with Gasteiger partial charge in [-0.2, -0.15) is 0 Å². The number of hydrogen-bond donors (Lipinski definition) is 4. The predicted octanol–water partition coefficient (Wildman–Crippen LogP) is 26.8. The maximum atomic E-state index is 7.32. The van der Waals surface area contributed by atoms with Gasteiger partial charge in [0.25, 0.3) is 0 Å². The highest BCUT2D eigenvalue weighted by Crippen LogP contribution is 2.43. The molecule has 8 bridgehead atoms. The largest absolute Gasteiger partial charge is 0.493 e. The fourth-order valence-electron chi connectivity index (χ4n) is 14.7. The van der Waals surface area contributed by atoms with Crippen molar-refractivity contribution in [2.75, 3.05) is 75.9 Å². The van der Waals surface area contributed by atoms with Crippen molar-refractivity contribution >= 4 is 22.7 Å². The van der Waals surface area contributed by atoms with E-state index >= 15 is 0 Å². The minimum Gasteiger partial charge on any atom is -0.493 e. The molecule has 0 unspecified atom stereocenters. The lowest BCUT2D eigenvalue weighted by Crippen LogP contribution is -2.12. The van der Waals surface area contributed by atoms with Crippen LogP contribution in [0.4, 0.5) is 22.7 Å². The summed E-state index contributed by atoms with van der Waals surface area (Å²) in [5.41, 5.74) is 13.9. The fourth-order valence-corrected chi connectivity index (χ4v) is 14.7. The number of ether oxygens (including phenoxy) is 4. The van der Waals surface area contributed by atoms with Gasteiger partial charge in [-0.15, -0.1) is 0 Å². The average molecular weight is 1330 g/mol. The zero-order chi connectivity index (χ0) is 68.1. The van der Waals surface area contributed by atoms with Gasteiger partial charge in [0, 0.05) is 121 Å². The molecular formula is C88H148N4O4. The molecule has 96 heavy (non-hydrogen) atoms. The topological polar surface area (TPSA) is 85.0 Å². The van der Waals surface area contributed by atoms with Gasteiger partial charge >= 0.3 is 0 Å². The second kappa shape index (κ2) is 54.1. The zero-order valence-corrected chi connectivity index (χ0v) is 63.8. The van der Waals surface area contributed by atoms with E-state index in [1.54, 1.807) is 0 Å². The second-order valence-electron chi connectivity index (χ2n) is 29.2. The molecule has 544 valence electrons. The second-order valence-corrected chi connectivity index (χ2v) is 29.2. The van der Waals surface area contributed by atoms with Gasteiger partial charge in [0.05, 0.1) is 26.4 Å². The first kappa shape index (κ1) is 82.0. The average Bonchev–Trinajstić information content (AvgIpc) is 0.784. The van der Waals surface area contributed by atoms with Gasteiger partial charge in [-0.1, -0.05) is 310 Å². The molecule has 0 amide bonds. The fraction of sp³-hybridized carbons (Fsp3) is 0.727. The third kappa shape index (κ3) is 33.9. The number of benzene rings is 4. The first-order chi connectivity index (χ1) is 47.4. The van der Waals surface area contributed by atoms with Gasteiger partial charge in [0.2, 0.25) is 0 Å². The molecule has 8 heteroatoms. The first-order valence-electron chi connectivity index (χ1n) is 41.2. The maximum Gasteiger partial charge on any atom is 0.126 e. The summed E-state index contributed by atoms with van der Waals surface area (Å²) in [5, 5.41) is 14.5. The van der Waals surface area contributed by atoms with Crippen molar-refractivity contribution in [1.29, 1.82) is 0 Å². The summed E-state index contributed by atoms with van der Waals surface area (Å²) in [6.07, 6.45) is 65.9. The number of nitrogens with one attached hydrogen (secondary N) is 4. The van der Waals surface area contributed by atoms with Crippen LogP contribution in [0.15, 0.2) is 48.5 Å². The van der Waals surface area contributed by atoms with Gasteiger partial charge in [0.15, 0.2) is 0 Å². The molecule has 4 aromatic carbocycles. The summed E-state index contributed by atoms with van der Waals surface area (Å²) in [6, 6.07) is 18.9. The smallest absolute Gasteiger partial charge is 0.126 e. The van der Waals surface area contributed by atoms with Gasteiger partial charge < -0.3 is 40.2 Å². The minimum atomic E-state index is 0.667. The number of fused-ring (bicyclic) bond motifs is 8. The van der Waals surface area contributed by atoms with E-state index in [-0.39, 0.29) is 0 Å². The molecule has 0 fully saturated rings. The Morgan fingerprint density at radius 3 is 0.448 bits per heavy atom. The summed E-state index contributed by atoms with van der Waals surface area (Å²) in [7, 11) is 8.27. The van der Waals surface area contributed by atoms with E-state index in [9.17, 15) is 0 Å². The van der Waals surface area contributed by atoms with Crippen molar-refractivity contribution in [3.05, 3.63) is 93.0 Å². The predicted molar refractivity (Wildman–Crippen MR) is 421 cm³/mol. The quantitative estimate of drug-likeness (QED) is 0.0287. The summed E-state index contributed by atoms with van der Waals surface area (Å²) < 4.78 is 29.3. The number of hydrogen-bond acceptors (Lipinski definition) is 8. The van der Waals surface area contributed by atoms with E-state index in [4.69, 9.17) is 18.9 Å². The standard InChI is InChI=1S/C88H148N4O4/c1-9-13-17-21-25-29-33-37-41-45-49-53-57-93-85-73-61-75-67-82(90-6)69-77(86(75)94-58-54-50-46-42-38-34-30-26-22-18-14-10-2)63-79-71-84(92-8)72-80(88(79)96-60-56-52-48-44-40-36-32-28-24-20-16-12-4)64-78-70-83(91-7)68-76(62-74(85)66-81(65-73)89-5)87(78)95-59-55-51-47-43-39-35-31-27-23-19-15-11-3/h65-72,89-92H,9-64H2,1-8H3. The lowest BCUT2D eigenvalue weighted by molar-refractivity contribution is 0.293. The Morgan fingerprint density at radius 2 is 0.323 bits per heavy atom. The molecule has 0 saturated carbocycles. The van der Waals surface area contributed by atoms with Crippen LogP contribution in [0.5, 0.6) is 23.0 Å².